The molecule has 0 atom stereocenters. The molecule has 0 saturated heterocycles. The highest BCUT2D eigenvalue weighted by Gasteiger charge is 2.21. The molecular formula is C19H13Cl2NO. The van der Waals surface area contributed by atoms with E-state index in [0.29, 0.717) is 0 Å². The number of hydrogen-bond acceptors (Lipinski definition) is 1. The van der Waals surface area contributed by atoms with Gasteiger partial charge >= 0.3 is 0 Å². The van der Waals surface area contributed by atoms with Crippen LogP contribution in [0.25, 0.3) is 22.3 Å². The minimum absolute atomic E-state index is 0.147. The van der Waals surface area contributed by atoms with Gasteiger partial charge in [-0.25, -0.2) is 0 Å². The molecule has 0 spiro atoms. The highest BCUT2D eigenvalue weighted by atomic mass is 35.5. The molecule has 0 heterocycles. The third-order valence-corrected chi connectivity index (χ3v) is 4.40. The molecule has 3 rings (SSSR count). The normalized spacial score (nSPS) is 10.5. The third-order valence-electron chi connectivity index (χ3n) is 3.62. The van der Waals surface area contributed by atoms with Crippen LogP contribution < -0.4 is 5.73 Å². The fourth-order valence-corrected chi connectivity index (χ4v) is 3.26. The molecule has 0 aliphatic carbocycles. The number of primary amides is 1. The van der Waals surface area contributed by atoms with Gasteiger partial charge in [0.15, 0.2) is 0 Å². The fourth-order valence-electron chi connectivity index (χ4n) is 2.51. The summed E-state index contributed by atoms with van der Waals surface area (Å²) in [5.74, 6) is -0.644. The molecule has 4 heteroatoms. The van der Waals surface area contributed by atoms with E-state index < -0.39 is 5.91 Å². The Morgan fingerprint density at radius 3 is 1.48 bits per heavy atom. The number of nitrogens with two attached hydrogens (primary N) is 1. The average Bonchev–Trinajstić information content (AvgIpc) is 2.56. The number of carbonyl (C=O) groups is 1. The first-order valence-corrected chi connectivity index (χ1v) is 7.78. The Bertz CT molecular complexity index is 798. The third kappa shape index (κ3) is 2.96. The van der Waals surface area contributed by atoms with Crippen LogP contribution in [0.1, 0.15) is 10.4 Å². The van der Waals surface area contributed by atoms with Gasteiger partial charge in [0.05, 0.1) is 15.6 Å². The van der Waals surface area contributed by atoms with Crippen LogP contribution in [0.4, 0.5) is 0 Å². The van der Waals surface area contributed by atoms with Crippen molar-refractivity contribution < 1.29 is 4.79 Å². The van der Waals surface area contributed by atoms with Crippen LogP contribution >= 0.6 is 23.2 Å². The molecule has 0 unspecified atom stereocenters. The molecule has 0 aliphatic rings. The molecule has 2 nitrogen and oxygen atoms in total. The minimum atomic E-state index is -0.644. The molecule has 3 aromatic rings. The molecule has 114 valence electrons. The number of carbonyl (C=O) groups excluding carboxylic acids is 1. The second-order valence-electron chi connectivity index (χ2n) is 5.07. The molecule has 0 bridgehead atoms. The molecule has 0 fully saturated rings. The summed E-state index contributed by atoms with van der Waals surface area (Å²) in [6.45, 7) is 0. The summed E-state index contributed by atoms with van der Waals surface area (Å²) in [4.78, 5) is 11.9. The van der Waals surface area contributed by atoms with E-state index in [0.717, 1.165) is 22.3 Å². The van der Waals surface area contributed by atoms with E-state index in [2.05, 4.69) is 0 Å². The Balaban J connectivity index is 2.34. The Kier molecular flexibility index (Phi) is 4.37. The van der Waals surface area contributed by atoms with Gasteiger partial charge in [-0.05, 0) is 17.2 Å². The van der Waals surface area contributed by atoms with Gasteiger partial charge in [-0.3, -0.25) is 4.79 Å². The molecule has 0 aromatic heterocycles. The largest absolute Gasteiger partial charge is 0.366 e. The first-order chi connectivity index (χ1) is 11.1. The predicted molar refractivity (Wildman–Crippen MR) is 95.9 cm³/mol. The van der Waals surface area contributed by atoms with Crippen molar-refractivity contribution in [1.82, 2.24) is 0 Å². The first kappa shape index (κ1) is 15.6. The summed E-state index contributed by atoms with van der Waals surface area (Å²) in [7, 11) is 0. The Morgan fingerprint density at radius 1 is 0.739 bits per heavy atom. The second-order valence-corrected chi connectivity index (χ2v) is 5.83. The van der Waals surface area contributed by atoms with Crippen molar-refractivity contribution in [1.29, 1.82) is 0 Å². The Hall–Kier alpha value is -2.29. The summed E-state index contributed by atoms with van der Waals surface area (Å²) >= 11 is 12.8. The standard InChI is InChI=1S/C19H13Cl2NO/c20-17-14(12-7-3-1-4-8-12)11-15(13-9-5-2-6-10-13)18(21)16(17)19(22)23/h1-11H,(H2,22,23). The van der Waals surface area contributed by atoms with Crippen molar-refractivity contribution in [2.75, 3.05) is 0 Å². The highest BCUT2D eigenvalue weighted by Crippen LogP contribution is 2.41. The summed E-state index contributed by atoms with van der Waals surface area (Å²) < 4.78 is 0. The van der Waals surface area contributed by atoms with Crippen molar-refractivity contribution in [2.24, 2.45) is 5.73 Å². The van der Waals surface area contributed by atoms with Gasteiger partial charge < -0.3 is 5.73 Å². The lowest BCUT2D eigenvalue weighted by Crippen LogP contribution is -2.13. The minimum Gasteiger partial charge on any atom is -0.366 e. The second kappa shape index (κ2) is 6.45. The van der Waals surface area contributed by atoms with E-state index in [1.54, 1.807) is 0 Å². The molecule has 0 aliphatic heterocycles. The van der Waals surface area contributed by atoms with Crippen LogP contribution in [0.15, 0.2) is 66.7 Å². The smallest absolute Gasteiger partial charge is 0.251 e. The number of halogens is 2. The van der Waals surface area contributed by atoms with Gasteiger partial charge in [-0.15, -0.1) is 0 Å². The lowest BCUT2D eigenvalue weighted by Gasteiger charge is -2.15. The average molecular weight is 342 g/mol. The van der Waals surface area contributed by atoms with Gasteiger partial charge in [0.1, 0.15) is 0 Å². The van der Waals surface area contributed by atoms with E-state index in [9.17, 15) is 4.79 Å². The summed E-state index contributed by atoms with van der Waals surface area (Å²) in [5.41, 5.74) is 8.89. The molecule has 23 heavy (non-hydrogen) atoms. The highest BCUT2D eigenvalue weighted by molar-refractivity contribution is 6.43. The van der Waals surface area contributed by atoms with E-state index in [4.69, 9.17) is 28.9 Å². The van der Waals surface area contributed by atoms with Crippen LogP contribution in [0.2, 0.25) is 10.0 Å². The first-order valence-electron chi connectivity index (χ1n) is 7.02. The number of amides is 1. The maximum Gasteiger partial charge on any atom is 0.251 e. The lowest BCUT2D eigenvalue weighted by molar-refractivity contribution is 0.100. The van der Waals surface area contributed by atoms with Crippen LogP contribution in [-0.2, 0) is 0 Å². The SMILES string of the molecule is NC(=O)c1c(Cl)c(-c2ccccc2)cc(-c2ccccc2)c1Cl. The number of hydrogen-bond donors (Lipinski definition) is 1. The van der Waals surface area contributed by atoms with Crippen LogP contribution in [0.3, 0.4) is 0 Å². The van der Waals surface area contributed by atoms with Crippen molar-refractivity contribution in [3.63, 3.8) is 0 Å². The maximum atomic E-state index is 11.9. The monoisotopic (exact) mass is 341 g/mol. The van der Waals surface area contributed by atoms with E-state index in [-0.39, 0.29) is 15.6 Å². The molecule has 0 saturated carbocycles. The summed E-state index contributed by atoms with van der Waals surface area (Å²) in [6.07, 6.45) is 0. The van der Waals surface area contributed by atoms with Gasteiger partial charge in [-0.2, -0.15) is 0 Å². The number of benzene rings is 3. The lowest BCUT2D eigenvalue weighted by atomic mass is 9.95. The van der Waals surface area contributed by atoms with Crippen LogP contribution in [0, 0.1) is 0 Å². The Morgan fingerprint density at radius 2 is 1.13 bits per heavy atom. The van der Waals surface area contributed by atoms with E-state index in [1.807, 2.05) is 66.7 Å². The quantitative estimate of drug-likeness (QED) is 0.678. The fraction of sp³-hybridized carbons (Fsp3) is 0. The maximum absolute atomic E-state index is 11.9. The van der Waals surface area contributed by atoms with Crippen molar-refractivity contribution in [3.05, 3.63) is 82.3 Å². The van der Waals surface area contributed by atoms with Crippen LogP contribution in [0.5, 0.6) is 0 Å². The molecule has 1 amide bonds. The molecule has 3 aromatic carbocycles. The molecular weight excluding hydrogens is 329 g/mol. The molecule has 0 radical (unpaired) electrons. The van der Waals surface area contributed by atoms with Crippen molar-refractivity contribution >= 4 is 29.1 Å². The van der Waals surface area contributed by atoms with Crippen molar-refractivity contribution in [2.45, 2.75) is 0 Å². The number of rotatable bonds is 3. The zero-order valence-electron chi connectivity index (χ0n) is 12.1. The van der Waals surface area contributed by atoms with Gasteiger partial charge in [-0.1, -0.05) is 83.9 Å². The van der Waals surface area contributed by atoms with Gasteiger partial charge in [0.25, 0.3) is 5.91 Å². The van der Waals surface area contributed by atoms with Crippen molar-refractivity contribution in [3.8, 4) is 22.3 Å². The summed E-state index contributed by atoms with van der Waals surface area (Å²) in [6, 6.07) is 21.1. The topological polar surface area (TPSA) is 43.1 Å². The zero-order valence-corrected chi connectivity index (χ0v) is 13.6. The van der Waals surface area contributed by atoms with Crippen LogP contribution in [-0.4, -0.2) is 5.91 Å². The summed E-state index contributed by atoms with van der Waals surface area (Å²) in [5, 5.41) is 0.543. The zero-order chi connectivity index (χ0) is 16.4. The molecule has 2 N–H and O–H groups in total. The van der Waals surface area contributed by atoms with E-state index >= 15 is 0 Å². The predicted octanol–water partition coefficient (Wildman–Crippen LogP) is 5.43. The van der Waals surface area contributed by atoms with Gasteiger partial charge in [0.2, 0.25) is 0 Å². The Labute approximate surface area is 144 Å². The van der Waals surface area contributed by atoms with E-state index in [1.165, 1.54) is 0 Å². The van der Waals surface area contributed by atoms with Gasteiger partial charge in [0, 0.05) is 11.1 Å².